The average molecular weight is 333 g/mol. The van der Waals surface area contributed by atoms with Gasteiger partial charge >= 0.3 is 0 Å². The summed E-state index contributed by atoms with van der Waals surface area (Å²) in [5.41, 5.74) is 2.77. The van der Waals surface area contributed by atoms with Crippen molar-refractivity contribution < 1.29 is 5.76 Å². The molecule has 2 heterocycles. The predicted molar refractivity (Wildman–Crippen MR) is 92.0 cm³/mol. The van der Waals surface area contributed by atoms with Crippen LogP contribution in [0.3, 0.4) is 0 Å². The third-order valence-corrected chi connectivity index (χ3v) is 4.86. The lowest BCUT2D eigenvalue weighted by molar-refractivity contribution is 0.622. The summed E-state index contributed by atoms with van der Waals surface area (Å²) in [6.45, 7) is 8.33. The molecule has 0 N–H and O–H groups in total. The van der Waals surface area contributed by atoms with Gasteiger partial charge in [0, 0.05) is 22.9 Å². The topological polar surface area (TPSA) is 38.1 Å². The summed E-state index contributed by atoms with van der Waals surface area (Å²) in [5.74, 6) is -0.118. The first-order chi connectivity index (χ1) is 11.3. The fraction of sp³-hybridized carbons (Fsp3) is 0.389. The van der Waals surface area contributed by atoms with Crippen LogP contribution in [0.25, 0.3) is 11.3 Å². The van der Waals surface area contributed by atoms with E-state index in [4.69, 9.17) is 13.0 Å². The summed E-state index contributed by atoms with van der Waals surface area (Å²) >= 11 is 6.15. The summed E-state index contributed by atoms with van der Waals surface area (Å²) in [7, 11) is 0. The van der Waals surface area contributed by atoms with Crippen molar-refractivity contribution in [2.45, 2.75) is 39.5 Å². The Bertz CT molecular complexity index is 848. The lowest BCUT2D eigenvalue weighted by atomic mass is 9.76. The zero-order valence-electron chi connectivity index (χ0n) is 14.6. The van der Waals surface area contributed by atoms with Crippen LogP contribution in [0.5, 0.6) is 0 Å². The molecule has 1 aliphatic rings. The van der Waals surface area contributed by atoms with E-state index >= 15 is 0 Å². The number of benzene rings is 1. The Balaban J connectivity index is 2.17. The summed E-state index contributed by atoms with van der Waals surface area (Å²) in [6.07, 6.45) is 2.17. The molecule has 3 nitrogen and oxygen atoms in total. The van der Waals surface area contributed by atoms with Crippen LogP contribution in [-0.4, -0.2) is 15.7 Å². The summed E-state index contributed by atoms with van der Waals surface area (Å²) in [6, 6.07) is 3.26. The maximum Gasteiger partial charge on any atom is 0.149 e. The lowest BCUT2D eigenvalue weighted by Crippen LogP contribution is -2.30. The van der Waals surface area contributed by atoms with E-state index < -0.39 is 5.82 Å². The Hall–Kier alpha value is -1.81. The van der Waals surface area contributed by atoms with E-state index in [2.05, 4.69) is 42.7 Å². The molecule has 0 spiro atoms. The minimum absolute atomic E-state index is 0.147. The van der Waals surface area contributed by atoms with Crippen molar-refractivity contribution in [3.63, 3.8) is 0 Å². The number of nitrogens with zero attached hydrogens (tertiary/aromatic N) is 3. The predicted octanol–water partition coefficient (Wildman–Crippen LogP) is 5.35. The molecule has 2 aromatic rings. The molecule has 1 aliphatic heterocycles. The highest BCUT2D eigenvalue weighted by molar-refractivity contribution is 6.32. The van der Waals surface area contributed by atoms with Gasteiger partial charge < -0.3 is 0 Å². The van der Waals surface area contributed by atoms with Crippen LogP contribution in [-0.2, 0) is 5.41 Å². The van der Waals surface area contributed by atoms with Gasteiger partial charge in [-0.05, 0) is 30.0 Å². The molecule has 1 aromatic carbocycles. The number of aliphatic imine (C=N–C) groups is 1. The molecule has 0 fully saturated rings. The molecule has 0 bridgehead atoms. The van der Waals surface area contributed by atoms with Crippen molar-refractivity contribution in [2.24, 2.45) is 10.9 Å². The van der Waals surface area contributed by atoms with Crippen molar-refractivity contribution >= 4 is 23.0 Å². The first-order valence-corrected chi connectivity index (χ1v) is 8.06. The molecule has 5 heteroatoms. The maximum atomic E-state index is 14.7. The SMILES string of the molecule is [2H]c1ncc(Cl)c(-c2cc(F)c3c(c2)C(C)(C)C(C(C)CC)=N3)n1. The molecule has 0 radical (unpaired) electrons. The summed E-state index contributed by atoms with van der Waals surface area (Å²) in [4.78, 5) is 12.4. The van der Waals surface area contributed by atoms with Crippen LogP contribution >= 0.6 is 11.6 Å². The maximum absolute atomic E-state index is 14.7. The Morgan fingerprint density at radius 3 is 2.83 bits per heavy atom. The van der Waals surface area contributed by atoms with Crippen molar-refractivity contribution in [3.05, 3.63) is 41.0 Å². The van der Waals surface area contributed by atoms with Gasteiger partial charge in [0.15, 0.2) is 0 Å². The molecule has 0 aliphatic carbocycles. The van der Waals surface area contributed by atoms with E-state index in [1.807, 2.05) is 6.07 Å². The van der Waals surface area contributed by atoms with Gasteiger partial charge in [0.1, 0.15) is 19.2 Å². The Morgan fingerprint density at radius 2 is 2.13 bits per heavy atom. The molecule has 120 valence electrons. The molecular weight excluding hydrogens is 313 g/mol. The van der Waals surface area contributed by atoms with Crippen molar-refractivity contribution in [1.29, 1.82) is 0 Å². The van der Waals surface area contributed by atoms with Crippen LogP contribution in [0.2, 0.25) is 5.02 Å². The summed E-state index contributed by atoms with van der Waals surface area (Å²) < 4.78 is 22.3. The number of fused-ring (bicyclic) bond motifs is 1. The smallest absolute Gasteiger partial charge is 0.149 e. The van der Waals surface area contributed by atoms with E-state index in [-0.39, 0.29) is 17.6 Å². The van der Waals surface area contributed by atoms with Gasteiger partial charge in [-0.2, -0.15) is 0 Å². The van der Waals surface area contributed by atoms with E-state index in [1.165, 1.54) is 12.3 Å². The first kappa shape index (κ1) is 14.8. The normalized spacial score (nSPS) is 17.5. The fourth-order valence-electron chi connectivity index (χ4n) is 3.12. The third kappa shape index (κ3) is 2.55. The first-order valence-electron chi connectivity index (χ1n) is 8.18. The molecule has 3 rings (SSSR count). The number of aromatic nitrogens is 2. The molecule has 1 aromatic heterocycles. The van der Waals surface area contributed by atoms with Gasteiger partial charge in [0.25, 0.3) is 0 Å². The molecular formula is C18H19ClFN3. The van der Waals surface area contributed by atoms with Crippen molar-refractivity contribution in [1.82, 2.24) is 9.97 Å². The largest absolute Gasteiger partial charge is 0.253 e. The van der Waals surface area contributed by atoms with Gasteiger partial charge in [0.05, 0.1) is 10.7 Å². The third-order valence-electron chi connectivity index (χ3n) is 4.59. The van der Waals surface area contributed by atoms with Gasteiger partial charge in [-0.15, -0.1) is 0 Å². The lowest BCUT2D eigenvalue weighted by Gasteiger charge is -2.26. The molecule has 0 saturated heterocycles. The second kappa shape index (κ2) is 5.68. The highest BCUT2D eigenvalue weighted by atomic mass is 35.5. The van der Waals surface area contributed by atoms with Gasteiger partial charge in [-0.3, -0.25) is 4.99 Å². The number of hydrogen-bond acceptors (Lipinski definition) is 3. The van der Waals surface area contributed by atoms with Gasteiger partial charge in [-0.25, -0.2) is 14.4 Å². The highest BCUT2D eigenvalue weighted by Crippen LogP contribution is 2.45. The van der Waals surface area contributed by atoms with Crippen LogP contribution in [0, 0.1) is 11.7 Å². The Morgan fingerprint density at radius 1 is 1.39 bits per heavy atom. The van der Waals surface area contributed by atoms with Crippen LogP contribution in [0.15, 0.2) is 29.6 Å². The zero-order chi connectivity index (χ0) is 17.6. The molecule has 1 atom stereocenters. The van der Waals surface area contributed by atoms with E-state index in [0.717, 1.165) is 17.7 Å². The molecule has 1 unspecified atom stereocenters. The monoisotopic (exact) mass is 332 g/mol. The van der Waals surface area contributed by atoms with Gasteiger partial charge in [-0.1, -0.05) is 39.3 Å². The average Bonchev–Trinajstić information content (AvgIpc) is 2.81. The molecule has 0 amide bonds. The molecule has 0 saturated carbocycles. The molecule has 23 heavy (non-hydrogen) atoms. The minimum atomic E-state index is -0.393. The zero-order valence-corrected chi connectivity index (χ0v) is 14.4. The van der Waals surface area contributed by atoms with Crippen LogP contribution in [0.4, 0.5) is 10.1 Å². The number of hydrogen-bond donors (Lipinski definition) is 0. The highest BCUT2D eigenvalue weighted by Gasteiger charge is 2.38. The van der Waals surface area contributed by atoms with Gasteiger partial charge in [0.2, 0.25) is 0 Å². The Labute approximate surface area is 142 Å². The summed E-state index contributed by atoms with van der Waals surface area (Å²) in [5, 5.41) is 0.296. The second-order valence-electron chi connectivity index (χ2n) is 6.45. The minimum Gasteiger partial charge on any atom is -0.253 e. The van der Waals surface area contributed by atoms with Crippen LogP contribution in [0.1, 0.15) is 41.0 Å². The Kier molecular flexibility index (Phi) is 3.64. The van der Waals surface area contributed by atoms with E-state index in [9.17, 15) is 4.39 Å². The van der Waals surface area contributed by atoms with E-state index in [1.54, 1.807) is 0 Å². The quantitative estimate of drug-likeness (QED) is 0.760. The van der Waals surface area contributed by atoms with Crippen LogP contribution < -0.4 is 0 Å². The van der Waals surface area contributed by atoms with E-state index in [0.29, 0.717) is 22.0 Å². The number of rotatable bonds is 3. The number of halogens is 2. The standard InChI is InChI=1S/C18H19ClFN3/c1-5-10(2)17-18(3,4)12-6-11(7-14(20)16(12)23-17)15-13(19)8-21-9-22-15/h6-10H,5H2,1-4H3/i9D. The fourth-order valence-corrected chi connectivity index (χ4v) is 3.33. The van der Waals surface area contributed by atoms with Crippen molar-refractivity contribution in [2.75, 3.05) is 0 Å². The van der Waals surface area contributed by atoms with Crippen molar-refractivity contribution in [3.8, 4) is 11.3 Å². The second-order valence-corrected chi connectivity index (χ2v) is 6.86.